The van der Waals surface area contributed by atoms with Gasteiger partial charge in [-0.25, -0.2) is 9.97 Å². The normalized spacial score (nSPS) is 13.4. The highest BCUT2D eigenvalue weighted by Crippen LogP contribution is 2.45. The maximum absolute atomic E-state index is 14.8. The lowest BCUT2D eigenvalue weighted by molar-refractivity contribution is -0.880. The second-order valence-electron chi connectivity index (χ2n) is 13.8. The Kier molecular flexibility index (Phi) is 11.9. The number of quaternary nitrogens is 1. The van der Waals surface area contributed by atoms with Crippen molar-refractivity contribution in [3.8, 4) is 22.6 Å². The van der Waals surface area contributed by atoms with E-state index in [0.29, 0.717) is 46.4 Å². The number of ketones is 1. The number of ether oxygens (including phenoxy) is 2. The Balaban J connectivity index is 1.34. The zero-order valence-corrected chi connectivity index (χ0v) is 32.8. The van der Waals surface area contributed by atoms with Crippen molar-refractivity contribution in [2.45, 2.75) is 25.8 Å². The van der Waals surface area contributed by atoms with Crippen molar-refractivity contribution in [3.05, 3.63) is 132 Å². The van der Waals surface area contributed by atoms with Crippen LogP contribution in [-0.2, 0) is 11.2 Å². The molecule has 3 aromatic heterocycles. The number of nitro groups is 1. The quantitative estimate of drug-likeness (QED) is 0.0495. The lowest BCUT2D eigenvalue weighted by atomic mass is 10.00. The molecule has 56 heavy (non-hydrogen) atoms. The van der Waals surface area contributed by atoms with Crippen LogP contribution in [0.4, 0.5) is 11.8 Å². The number of benzene rings is 2. The first-order valence-corrected chi connectivity index (χ1v) is 18.3. The molecule has 5 aromatic rings. The van der Waals surface area contributed by atoms with Crippen molar-refractivity contribution in [1.29, 1.82) is 0 Å². The van der Waals surface area contributed by atoms with Crippen LogP contribution in [-0.4, -0.2) is 82.3 Å². The predicted octanol–water partition coefficient (Wildman–Crippen LogP) is 7.24. The number of carbonyl (C=O) groups excluding carboxylic acids is 1. The summed E-state index contributed by atoms with van der Waals surface area (Å²) in [6, 6.07) is 15.4. The lowest BCUT2D eigenvalue weighted by Gasteiger charge is -2.28. The molecule has 0 spiro atoms. The van der Waals surface area contributed by atoms with E-state index in [4.69, 9.17) is 37.7 Å². The molecule has 0 amide bonds. The standard InChI is InChI=1S/C40H38Cl2N8O6/c1-24(26-11-8-10-25(18-26)19-29(51)12-9-17-50(2,3)23-27-14-16-44-37(27)49(53)54)48-38-28(22-45-40(47-38)46-33-13-6-7-15-43-33)20-30(39(48)52)34-35(41)31(55-4)21-32(56-5)36(34)42/h6-13,15-16,18,20-22,24H,14,17,19,23H2,1-5H3/p+1/b12-9+. The van der Waals surface area contributed by atoms with Crippen LogP contribution in [0.2, 0.25) is 10.0 Å². The Labute approximate surface area is 332 Å². The Morgan fingerprint density at radius 1 is 1.07 bits per heavy atom. The number of hydrogen-bond acceptors (Lipinski definition) is 11. The van der Waals surface area contributed by atoms with Gasteiger partial charge in [0.05, 0.1) is 62.1 Å². The summed E-state index contributed by atoms with van der Waals surface area (Å²) in [6.45, 7) is 2.78. The number of pyridine rings is 2. The average Bonchev–Trinajstić information content (AvgIpc) is 3.63. The number of carbonyl (C=O) groups is 1. The molecule has 2 aromatic carbocycles. The van der Waals surface area contributed by atoms with Crippen molar-refractivity contribution in [2.24, 2.45) is 4.99 Å². The maximum Gasteiger partial charge on any atom is 0.368 e. The number of hydrogen-bond donors (Lipinski definition) is 1. The smallest absolute Gasteiger partial charge is 0.368 e. The van der Waals surface area contributed by atoms with Gasteiger partial charge in [0.2, 0.25) is 5.95 Å². The van der Waals surface area contributed by atoms with E-state index in [1.54, 1.807) is 53.5 Å². The third kappa shape index (κ3) is 8.62. The molecule has 16 heteroatoms. The summed E-state index contributed by atoms with van der Waals surface area (Å²) in [6.07, 6.45) is 8.65. The molecule has 0 saturated heterocycles. The van der Waals surface area contributed by atoms with Crippen LogP contribution in [0, 0.1) is 10.1 Å². The molecular weight excluding hydrogens is 759 g/mol. The molecule has 0 fully saturated rings. The fourth-order valence-corrected chi connectivity index (χ4v) is 7.26. The summed E-state index contributed by atoms with van der Waals surface area (Å²) in [4.78, 5) is 56.3. The number of methoxy groups -OCH3 is 2. The Hall–Kier alpha value is -5.96. The molecule has 0 radical (unpaired) electrons. The second kappa shape index (κ2) is 16.8. The number of fused-ring (bicyclic) bond motifs is 1. The van der Waals surface area contributed by atoms with E-state index in [0.717, 1.165) is 11.1 Å². The van der Waals surface area contributed by atoms with Crippen molar-refractivity contribution in [3.63, 3.8) is 0 Å². The van der Waals surface area contributed by atoms with Gasteiger partial charge in [-0.2, -0.15) is 4.98 Å². The largest absolute Gasteiger partial charge is 0.495 e. The van der Waals surface area contributed by atoms with Gasteiger partial charge in [-0.15, -0.1) is 0 Å². The number of nitrogens with one attached hydrogen (secondary N) is 1. The molecule has 1 aliphatic heterocycles. The SMILES string of the molecule is COc1cc(OC)c(Cl)c(-c2cc3cnc(Nc4ccccn4)nc3n(C(C)c3cccc(CC(=O)/C=C/C[N+](C)(C)CC4=C([N+](=O)[O-])N=CC4)c3)c2=O)c1Cl. The van der Waals surface area contributed by atoms with E-state index in [2.05, 4.69) is 20.3 Å². The number of aliphatic imine (C=N–C) groups is 1. The molecule has 0 saturated carbocycles. The zero-order valence-electron chi connectivity index (χ0n) is 31.3. The minimum absolute atomic E-state index is 0.102. The molecule has 6 rings (SSSR count). The Morgan fingerprint density at radius 2 is 1.82 bits per heavy atom. The van der Waals surface area contributed by atoms with Gasteiger partial charge >= 0.3 is 5.82 Å². The Bertz CT molecular complexity index is 2460. The summed E-state index contributed by atoms with van der Waals surface area (Å²) >= 11 is 13.6. The van der Waals surface area contributed by atoms with Gasteiger partial charge in [0, 0.05) is 42.3 Å². The topological polar surface area (TPSA) is 164 Å². The van der Waals surface area contributed by atoms with Gasteiger partial charge in [-0.1, -0.05) is 58.5 Å². The van der Waals surface area contributed by atoms with Gasteiger partial charge in [0.25, 0.3) is 5.56 Å². The summed E-state index contributed by atoms with van der Waals surface area (Å²) < 4.78 is 12.9. The molecular formula is C40H39Cl2N8O6+. The van der Waals surface area contributed by atoms with Crippen LogP contribution in [0.15, 0.2) is 100 Å². The fourth-order valence-electron chi connectivity index (χ4n) is 6.55. The van der Waals surface area contributed by atoms with Gasteiger partial charge in [-0.05, 0) is 53.3 Å². The van der Waals surface area contributed by atoms with E-state index in [1.807, 2.05) is 51.4 Å². The van der Waals surface area contributed by atoms with Gasteiger partial charge in [0.1, 0.15) is 35.7 Å². The third-order valence-corrected chi connectivity index (χ3v) is 10.0. The molecule has 1 N–H and O–H groups in total. The number of allylic oxidation sites excluding steroid dienone is 1. The Morgan fingerprint density at radius 3 is 2.50 bits per heavy atom. The lowest BCUT2D eigenvalue weighted by Crippen LogP contribution is -2.41. The molecule has 0 aliphatic carbocycles. The van der Waals surface area contributed by atoms with Gasteiger partial charge in [0.15, 0.2) is 5.78 Å². The summed E-state index contributed by atoms with van der Waals surface area (Å²) in [7, 11) is 6.80. The molecule has 1 unspecified atom stereocenters. The third-order valence-electron chi connectivity index (χ3n) is 9.28. The minimum atomic E-state index is -0.603. The first-order valence-electron chi connectivity index (χ1n) is 17.5. The number of rotatable bonds is 15. The van der Waals surface area contributed by atoms with Crippen LogP contribution < -0.4 is 20.3 Å². The summed E-state index contributed by atoms with van der Waals surface area (Å²) in [5.74, 6) is 1.06. The van der Waals surface area contributed by atoms with Crippen LogP contribution >= 0.6 is 23.2 Å². The van der Waals surface area contributed by atoms with Crippen LogP contribution in [0.25, 0.3) is 22.2 Å². The maximum atomic E-state index is 14.8. The molecule has 288 valence electrons. The predicted molar refractivity (Wildman–Crippen MR) is 217 cm³/mol. The van der Waals surface area contributed by atoms with Gasteiger partial charge < -0.3 is 29.4 Å². The molecule has 14 nitrogen and oxygen atoms in total. The highest BCUT2D eigenvalue weighted by Gasteiger charge is 2.29. The van der Waals surface area contributed by atoms with Crippen LogP contribution in [0.3, 0.4) is 0 Å². The summed E-state index contributed by atoms with van der Waals surface area (Å²) in [5, 5.41) is 15.2. The highest BCUT2D eigenvalue weighted by atomic mass is 35.5. The number of likely N-dealkylation sites (N-methyl/N-ethyl adjacent to an activating group) is 1. The number of halogens is 2. The first-order chi connectivity index (χ1) is 26.8. The average molecular weight is 799 g/mol. The molecule has 0 bridgehead atoms. The van der Waals surface area contributed by atoms with Crippen LogP contribution in [0.1, 0.15) is 30.5 Å². The molecule has 1 atom stereocenters. The summed E-state index contributed by atoms with van der Waals surface area (Å²) in [5.41, 5.74) is 2.43. The minimum Gasteiger partial charge on any atom is -0.495 e. The molecule has 1 aliphatic rings. The van der Waals surface area contributed by atoms with Crippen molar-refractivity contribution in [1.82, 2.24) is 19.5 Å². The van der Waals surface area contributed by atoms with Crippen molar-refractivity contribution >= 4 is 58.0 Å². The second-order valence-corrected chi connectivity index (χ2v) is 14.5. The zero-order chi connectivity index (χ0) is 40.1. The van der Waals surface area contributed by atoms with Gasteiger partial charge in [-0.3, -0.25) is 14.2 Å². The van der Waals surface area contributed by atoms with E-state index >= 15 is 0 Å². The van der Waals surface area contributed by atoms with Crippen LogP contribution in [0.5, 0.6) is 11.5 Å². The number of nitrogens with zero attached hydrogens (tertiary/aromatic N) is 7. The highest BCUT2D eigenvalue weighted by molar-refractivity contribution is 6.41. The number of anilines is 2. The monoisotopic (exact) mass is 797 g/mol. The van der Waals surface area contributed by atoms with Crippen molar-refractivity contribution in [2.75, 3.05) is 46.7 Å². The van der Waals surface area contributed by atoms with E-state index in [1.165, 1.54) is 20.3 Å². The first kappa shape index (κ1) is 39.7. The molecule has 4 heterocycles. The fraction of sp³-hybridized carbons (Fsp3) is 0.250. The van der Waals surface area contributed by atoms with Crippen molar-refractivity contribution < 1.29 is 23.7 Å². The van der Waals surface area contributed by atoms with E-state index in [9.17, 15) is 19.7 Å². The van der Waals surface area contributed by atoms with E-state index < -0.39 is 16.5 Å². The number of aromatic nitrogens is 4. The van der Waals surface area contributed by atoms with E-state index in [-0.39, 0.29) is 56.6 Å².